The van der Waals surface area contributed by atoms with E-state index < -0.39 is 9.85 Å². The third-order valence-electron chi connectivity index (χ3n) is 4.40. The maximum atomic E-state index is 11.2. The fraction of sp³-hybridized carbons (Fsp3) is 0.294. The van der Waals surface area contributed by atoms with Crippen molar-refractivity contribution >= 4 is 11.4 Å². The zero-order valence-electron chi connectivity index (χ0n) is 14.3. The maximum Gasteiger partial charge on any atom is 0.314 e. The van der Waals surface area contributed by atoms with Crippen molar-refractivity contribution in [3.05, 3.63) is 65.7 Å². The molecule has 2 aromatic carbocycles. The third kappa shape index (κ3) is 3.10. The second-order valence-electron chi connectivity index (χ2n) is 6.04. The Morgan fingerprint density at radius 3 is 1.40 bits per heavy atom. The summed E-state index contributed by atoms with van der Waals surface area (Å²) in [6.45, 7) is 6.18. The fourth-order valence-electron chi connectivity index (χ4n) is 2.93. The highest BCUT2D eigenvalue weighted by atomic mass is 16.6. The first-order valence-electron chi connectivity index (χ1n) is 7.49. The number of aromatic hydroxyl groups is 2. The molecule has 0 aliphatic rings. The van der Waals surface area contributed by atoms with E-state index in [0.29, 0.717) is 33.4 Å². The summed E-state index contributed by atoms with van der Waals surface area (Å²) in [7, 11) is 0. The van der Waals surface area contributed by atoms with Crippen LogP contribution in [-0.4, -0.2) is 20.1 Å². The zero-order valence-corrected chi connectivity index (χ0v) is 14.3. The van der Waals surface area contributed by atoms with Gasteiger partial charge in [0, 0.05) is 11.1 Å². The molecule has 2 rings (SSSR count). The number of nitro benzene ring substituents is 2. The van der Waals surface area contributed by atoms with Crippen molar-refractivity contribution in [3.63, 3.8) is 0 Å². The van der Waals surface area contributed by atoms with Crippen LogP contribution in [0.5, 0.6) is 11.5 Å². The molecular formula is C17H18N2O6. The van der Waals surface area contributed by atoms with Gasteiger partial charge in [0.1, 0.15) is 0 Å². The van der Waals surface area contributed by atoms with Gasteiger partial charge < -0.3 is 10.2 Å². The average molecular weight is 346 g/mol. The van der Waals surface area contributed by atoms with Crippen molar-refractivity contribution in [3.8, 4) is 11.5 Å². The summed E-state index contributed by atoms with van der Waals surface area (Å²) < 4.78 is 0. The molecule has 0 aliphatic heterocycles. The van der Waals surface area contributed by atoms with E-state index in [2.05, 4.69) is 0 Å². The average Bonchev–Trinajstić information content (AvgIpc) is 2.49. The van der Waals surface area contributed by atoms with Crippen LogP contribution in [-0.2, 0) is 6.42 Å². The molecule has 2 N–H and O–H groups in total. The highest BCUT2D eigenvalue weighted by molar-refractivity contribution is 5.62. The van der Waals surface area contributed by atoms with Crippen molar-refractivity contribution < 1.29 is 20.1 Å². The van der Waals surface area contributed by atoms with Gasteiger partial charge >= 0.3 is 11.4 Å². The summed E-state index contributed by atoms with van der Waals surface area (Å²) in [5.74, 6) is -0.758. The number of hydrogen-bond donors (Lipinski definition) is 2. The summed E-state index contributed by atoms with van der Waals surface area (Å²) in [5, 5.41) is 42.3. The first-order valence-corrected chi connectivity index (χ1v) is 7.49. The number of rotatable bonds is 4. The van der Waals surface area contributed by atoms with Gasteiger partial charge in [-0.05, 0) is 56.4 Å². The molecule has 0 aliphatic carbocycles. The Morgan fingerprint density at radius 1 is 0.800 bits per heavy atom. The van der Waals surface area contributed by atoms with Crippen molar-refractivity contribution in [1.29, 1.82) is 0 Å². The molecule has 0 bridgehead atoms. The van der Waals surface area contributed by atoms with E-state index >= 15 is 0 Å². The quantitative estimate of drug-likeness (QED) is 0.641. The Labute approximate surface area is 143 Å². The lowest BCUT2D eigenvalue weighted by atomic mass is 9.92. The SMILES string of the molecule is Cc1cc(Cc2cc(C)c(O)c([N+](=O)[O-])c2C)c(C)c([N+](=O)[O-])c1O. The number of benzene rings is 2. The van der Waals surface area contributed by atoms with Gasteiger partial charge in [-0.3, -0.25) is 20.2 Å². The van der Waals surface area contributed by atoms with Crippen molar-refractivity contribution in [2.45, 2.75) is 34.1 Å². The molecule has 2 aromatic rings. The molecule has 0 saturated heterocycles. The van der Waals surface area contributed by atoms with Gasteiger partial charge in [0.2, 0.25) is 0 Å². The van der Waals surface area contributed by atoms with Gasteiger partial charge in [0.05, 0.1) is 9.85 Å². The molecule has 0 saturated carbocycles. The van der Waals surface area contributed by atoms with Gasteiger partial charge in [-0.1, -0.05) is 12.1 Å². The van der Waals surface area contributed by atoms with E-state index in [1.165, 1.54) is 13.8 Å². The molecule has 0 fully saturated rings. The van der Waals surface area contributed by atoms with E-state index in [1.807, 2.05) is 0 Å². The van der Waals surface area contributed by atoms with Gasteiger partial charge in [0.25, 0.3) is 0 Å². The Balaban J connectivity index is 2.66. The molecule has 0 heterocycles. The van der Waals surface area contributed by atoms with Crippen LogP contribution >= 0.6 is 0 Å². The molecule has 0 unspecified atom stereocenters. The Morgan fingerprint density at radius 2 is 1.12 bits per heavy atom. The first-order chi connectivity index (χ1) is 11.6. The number of nitrogens with zero attached hydrogens (tertiary/aromatic N) is 2. The molecule has 0 radical (unpaired) electrons. The lowest BCUT2D eigenvalue weighted by Crippen LogP contribution is -2.03. The van der Waals surface area contributed by atoms with Crippen LogP contribution in [0.3, 0.4) is 0 Å². The summed E-state index contributed by atoms with van der Waals surface area (Å²) in [5.41, 5.74) is 1.77. The summed E-state index contributed by atoms with van der Waals surface area (Å²) in [6.07, 6.45) is 0.210. The second-order valence-corrected chi connectivity index (χ2v) is 6.04. The van der Waals surface area contributed by atoms with Crippen molar-refractivity contribution in [1.82, 2.24) is 0 Å². The highest BCUT2D eigenvalue weighted by Crippen LogP contribution is 2.39. The number of phenolic OH excluding ortho intramolecular Hbond substituents is 2. The molecule has 8 nitrogen and oxygen atoms in total. The van der Waals surface area contributed by atoms with Crippen LogP contribution in [0.15, 0.2) is 12.1 Å². The van der Waals surface area contributed by atoms with E-state index in [0.717, 1.165) is 0 Å². The van der Waals surface area contributed by atoms with E-state index in [9.17, 15) is 30.4 Å². The van der Waals surface area contributed by atoms with E-state index in [1.54, 1.807) is 26.0 Å². The minimum absolute atomic E-state index is 0.210. The number of hydrogen-bond acceptors (Lipinski definition) is 6. The zero-order chi connectivity index (χ0) is 19.0. The van der Waals surface area contributed by atoms with Gasteiger partial charge in [-0.15, -0.1) is 0 Å². The lowest BCUT2D eigenvalue weighted by molar-refractivity contribution is -0.386. The van der Waals surface area contributed by atoms with Crippen LogP contribution in [0.1, 0.15) is 33.4 Å². The fourth-order valence-corrected chi connectivity index (χ4v) is 2.93. The smallest absolute Gasteiger partial charge is 0.314 e. The van der Waals surface area contributed by atoms with E-state index in [4.69, 9.17) is 0 Å². The maximum absolute atomic E-state index is 11.2. The topological polar surface area (TPSA) is 127 Å². The summed E-state index contributed by atoms with van der Waals surface area (Å²) >= 11 is 0. The van der Waals surface area contributed by atoms with Crippen molar-refractivity contribution in [2.75, 3.05) is 0 Å². The Kier molecular flexibility index (Phi) is 4.64. The normalized spacial score (nSPS) is 10.7. The molecular weight excluding hydrogens is 328 g/mol. The summed E-state index contributed by atoms with van der Waals surface area (Å²) in [6, 6.07) is 3.26. The molecule has 8 heteroatoms. The second kappa shape index (κ2) is 6.39. The molecule has 132 valence electrons. The first kappa shape index (κ1) is 18.2. The standard InChI is InChI=1S/C17H18N2O6/c1-8-5-12(10(3)14(16(8)20)18(22)23)7-13-6-9(2)17(21)15(11(13)4)19(24)25/h5-6,20-21H,7H2,1-4H3. The Hall–Kier alpha value is -3.16. The van der Waals surface area contributed by atoms with Crippen LogP contribution in [0.4, 0.5) is 11.4 Å². The highest BCUT2D eigenvalue weighted by Gasteiger charge is 2.25. The number of aryl methyl sites for hydroxylation is 2. The van der Waals surface area contributed by atoms with E-state index in [-0.39, 0.29) is 29.3 Å². The molecule has 25 heavy (non-hydrogen) atoms. The lowest BCUT2D eigenvalue weighted by Gasteiger charge is -2.13. The monoisotopic (exact) mass is 346 g/mol. The predicted octanol–water partition coefficient (Wildman–Crippen LogP) is 3.74. The van der Waals surface area contributed by atoms with Crippen LogP contribution in [0.2, 0.25) is 0 Å². The Bertz CT molecular complexity index is 831. The number of nitro groups is 2. The van der Waals surface area contributed by atoms with Gasteiger partial charge in [-0.2, -0.15) is 0 Å². The molecule has 0 aromatic heterocycles. The van der Waals surface area contributed by atoms with Crippen LogP contribution in [0.25, 0.3) is 0 Å². The minimum atomic E-state index is -0.640. The van der Waals surface area contributed by atoms with Gasteiger partial charge in [-0.25, -0.2) is 0 Å². The molecule has 0 spiro atoms. The summed E-state index contributed by atoms with van der Waals surface area (Å²) in [4.78, 5) is 21.2. The predicted molar refractivity (Wildman–Crippen MR) is 91.3 cm³/mol. The third-order valence-corrected chi connectivity index (χ3v) is 4.40. The molecule has 0 amide bonds. The van der Waals surface area contributed by atoms with Crippen LogP contribution < -0.4 is 0 Å². The number of phenols is 2. The van der Waals surface area contributed by atoms with Gasteiger partial charge in [0.15, 0.2) is 11.5 Å². The van der Waals surface area contributed by atoms with Crippen molar-refractivity contribution in [2.24, 2.45) is 0 Å². The largest absolute Gasteiger partial charge is 0.502 e. The van der Waals surface area contributed by atoms with Crippen LogP contribution in [0, 0.1) is 47.9 Å². The minimum Gasteiger partial charge on any atom is -0.502 e. The molecule has 0 atom stereocenters.